The zero-order valence-corrected chi connectivity index (χ0v) is 62.9. The normalized spacial score (nSPS) is 14.0. The molecule has 0 aliphatic heterocycles. The summed E-state index contributed by atoms with van der Waals surface area (Å²) >= 11 is 0. The maximum atomic E-state index is 13.1. The van der Waals surface area contributed by atoms with Crippen LogP contribution in [0.2, 0.25) is 0 Å². The van der Waals surface area contributed by atoms with Crippen LogP contribution in [0.4, 0.5) is 0 Å². The fraction of sp³-hybridized carbons (Fsp3) is 0.947. The summed E-state index contributed by atoms with van der Waals surface area (Å²) in [6.45, 7) is 7.29. The van der Waals surface area contributed by atoms with Crippen molar-refractivity contribution in [2.75, 3.05) is 39.6 Å². The lowest BCUT2D eigenvalue weighted by atomic mass is 10.0. The third kappa shape index (κ3) is 68.6. The summed E-state index contributed by atoms with van der Waals surface area (Å²) in [6, 6.07) is 0. The number of unbranched alkanes of at least 4 members (excludes halogenated alkanes) is 47. The molecule has 0 saturated heterocycles. The maximum Gasteiger partial charge on any atom is 0.472 e. The molecule has 0 rings (SSSR count). The Bertz CT molecular complexity index is 1810. The topological polar surface area (TPSA) is 237 Å². The van der Waals surface area contributed by atoms with Crippen molar-refractivity contribution in [3.63, 3.8) is 0 Å². The van der Waals surface area contributed by atoms with Crippen LogP contribution in [0.25, 0.3) is 0 Å². The number of esters is 4. The van der Waals surface area contributed by atoms with E-state index in [1.54, 1.807) is 0 Å². The van der Waals surface area contributed by atoms with Crippen molar-refractivity contribution in [1.29, 1.82) is 0 Å². The summed E-state index contributed by atoms with van der Waals surface area (Å²) in [5, 5.41) is 10.6. The number of phosphoric ester groups is 2. The molecule has 3 N–H and O–H groups in total. The molecule has 0 aliphatic rings. The number of phosphoric acid groups is 2. The lowest BCUT2D eigenvalue weighted by Gasteiger charge is -2.21. The SMILES string of the molecule is CCCCCCCCCCCCCCCCCCC(=O)OC[C@H](COP(=O)(O)OC[C@@H](O)COP(=O)(O)OC[C@@H](COC(=O)CCCCCCCCCC)OC(=O)CCCCCCCCCCCCCCC)OC(=O)CCCCCCCCCCCCCCCCC(C)C. The Morgan fingerprint density at radius 2 is 0.489 bits per heavy atom. The predicted molar refractivity (Wildman–Crippen MR) is 382 cm³/mol. The first-order valence-electron chi connectivity index (χ1n) is 39.1. The molecule has 0 radical (unpaired) electrons. The van der Waals surface area contributed by atoms with Crippen molar-refractivity contribution < 1.29 is 80.2 Å². The Morgan fingerprint density at radius 1 is 0.287 bits per heavy atom. The van der Waals surface area contributed by atoms with Gasteiger partial charge in [-0.2, -0.15) is 0 Å². The van der Waals surface area contributed by atoms with Gasteiger partial charge < -0.3 is 33.8 Å². The van der Waals surface area contributed by atoms with Gasteiger partial charge in [0.1, 0.15) is 19.3 Å². The molecule has 0 saturated carbocycles. The van der Waals surface area contributed by atoms with Gasteiger partial charge in [0.15, 0.2) is 12.2 Å². The Balaban J connectivity index is 5.21. The monoisotopic (exact) mass is 1380 g/mol. The molecule has 19 heteroatoms. The number of carbonyl (C=O) groups is 4. The minimum Gasteiger partial charge on any atom is -0.462 e. The summed E-state index contributed by atoms with van der Waals surface area (Å²) < 4.78 is 68.4. The van der Waals surface area contributed by atoms with Crippen LogP contribution in [-0.4, -0.2) is 96.7 Å². The minimum absolute atomic E-state index is 0.108. The van der Waals surface area contributed by atoms with E-state index < -0.39 is 97.5 Å². The summed E-state index contributed by atoms with van der Waals surface area (Å²) in [7, 11) is -9.90. The van der Waals surface area contributed by atoms with Crippen molar-refractivity contribution in [2.45, 2.75) is 412 Å². The third-order valence-electron chi connectivity index (χ3n) is 17.5. The van der Waals surface area contributed by atoms with Gasteiger partial charge in [0.25, 0.3) is 0 Å². The van der Waals surface area contributed by atoms with Gasteiger partial charge in [-0.1, -0.05) is 343 Å². The van der Waals surface area contributed by atoms with Crippen molar-refractivity contribution in [3.8, 4) is 0 Å². The minimum atomic E-state index is -4.96. The highest BCUT2D eigenvalue weighted by Gasteiger charge is 2.30. The Morgan fingerprint density at radius 3 is 0.723 bits per heavy atom. The van der Waals surface area contributed by atoms with Crippen LogP contribution in [0.1, 0.15) is 394 Å². The molecule has 0 amide bonds. The molecular weight excluding hydrogens is 1230 g/mol. The van der Waals surface area contributed by atoms with E-state index in [0.29, 0.717) is 25.7 Å². The van der Waals surface area contributed by atoms with E-state index in [-0.39, 0.29) is 25.7 Å². The van der Waals surface area contributed by atoms with Crippen LogP contribution >= 0.6 is 15.6 Å². The molecule has 0 spiro atoms. The van der Waals surface area contributed by atoms with Crippen LogP contribution in [0.5, 0.6) is 0 Å². The van der Waals surface area contributed by atoms with Crippen LogP contribution < -0.4 is 0 Å². The van der Waals surface area contributed by atoms with Crippen LogP contribution in [0.15, 0.2) is 0 Å². The molecule has 94 heavy (non-hydrogen) atoms. The second-order valence-corrected chi connectivity index (χ2v) is 30.4. The third-order valence-corrected chi connectivity index (χ3v) is 19.4. The lowest BCUT2D eigenvalue weighted by Crippen LogP contribution is -2.30. The van der Waals surface area contributed by atoms with Crippen molar-refractivity contribution in [2.24, 2.45) is 5.92 Å². The van der Waals surface area contributed by atoms with Crippen molar-refractivity contribution >= 4 is 39.5 Å². The molecule has 0 bridgehead atoms. The van der Waals surface area contributed by atoms with Crippen LogP contribution in [0, 0.1) is 5.92 Å². The molecule has 0 aromatic carbocycles. The van der Waals surface area contributed by atoms with Crippen LogP contribution in [-0.2, 0) is 65.4 Å². The fourth-order valence-corrected chi connectivity index (χ4v) is 13.1. The van der Waals surface area contributed by atoms with Crippen LogP contribution in [0.3, 0.4) is 0 Å². The number of aliphatic hydroxyl groups is 1. The molecule has 5 atom stereocenters. The molecule has 2 unspecified atom stereocenters. The quantitative estimate of drug-likeness (QED) is 0.0222. The second-order valence-electron chi connectivity index (χ2n) is 27.5. The van der Waals surface area contributed by atoms with E-state index in [2.05, 4.69) is 34.6 Å². The Hall–Kier alpha value is -1.94. The standard InChI is InChI=1S/C75H146O17P2/c1-6-9-12-15-18-21-23-25-26-27-32-35-39-44-49-54-59-73(78)86-65-71(92-75(80)61-56-51-46-41-37-33-29-28-31-34-38-42-47-52-57-68(4)5)67-90-94(83,84)88-63-69(76)62-87-93(81,82)89-66-70(64-85-72(77)58-53-48-43-20-17-14-11-8-3)91-74(79)60-55-50-45-40-36-30-24-22-19-16-13-10-7-2/h68-71,76H,6-67H2,1-5H3,(H,81,82)(H,83,84)/t69-,70+,71+/m0/s1. The van der Waals surface area contributed by atoms with Crippen molar-refractivity contribution in [3.05, 3.63) is 0 Å². The fourth-order valence-electron chi connectivity index (χ4n) is 11.5. The van der Waals surface area contributed by atoms with Crippen molar-refractivity contribution in [1.82, 2.24) is 0 Å². The zero-order chi connectivity index (χ0) is 69.1. The van der Waals surface area contributed by atoms with Gasteiger partial charge in [-0.3, -0.25) is 37.3 Å². The highest BCUT2D eigenvalue weighted by atomic mass is 31.2. The second kappa shape index (κ2) is 68.2. The largest absolute Gasteiger partial charge is 0.472 e. The molecule has 0 aliphatic carbocycles. The summed E-state index contributed by atoms with van der Waals surface area (Å²) in [5.74, 6) is -1.32. The highest BCUT2D eigenvalue weighted by molar-refractivity contribution is 7.47. The number of rotatable bonds is 75. The number of hydrogen-bond acceptors (Lipinski definition) is 15. The molecule has 0 aromatic rings. The Kier molecular flexibility index (Phi) is 66.8. The van der Waals surface area contributed by atoms with E-state index in [9.17, 15) is 43.2 Å². The summed E-state index contributed by atoms with van der Waals surface area (Å²) in [5.41, 5.74) is 0. The average molecular weight is 1380 g/mol. The van der Waals surface area contributed by atoms with Gasteiger partial charge in [0, 0.05) is 25.7 Å². The smallest absolute Gasteiger partial charge is 0.462 e. The van der Waals surface area contributed by atoms with E-state index in [1.807, 2.05) is 0 Å². The molecule has 558 valence electrons. The first-order chi connectivity index (χ1) is 45.5. The molecule has 0 heterocycles. The molecule has 0 aromatic heterocycles. The highest BCUT2D eigenvalue weighted by Crippen LogP contribution is 2.45. The van der Waals surface area contributed by atoms with Gasteiger partial charge in [0.05, 0.1) is 26.4 Å². The first kappa shape index (κ1) is 92.1. The van der Waals surface area contributed by atoms with E-state index in [1.165, 1.54) is 212 Å². The van der Waals surface area contributed by atoms with Gasteiger partial charge in [-0.15, -0.1) is 0 Å². The van der Waals surface area contributed by atoms with E-state index >= 15 is 0 Å². The first-order valence-corrected chi connectivity index (χ1v) is 42.1. The zero-order valence-electron chi connectivity index (χ0n) is 61.1. The number of ether oxygens (including phenoxy) is 4. The molecule has 0 fully saturated rings. The Labute approximate surface area is 575 Å². The summed E-state index contributed by atoms with van der Waals surface area (Å²) in [4.78, 5) is 72.7. The van der Waals surface area contributed by atoms with Gasteiger partial charge >= 0.3 is 39.5 Å². The number of aliphatic hydroxyl groups excluding tert-OH is 1. The summed E-state index contributed by atoms with van der Waals surface area (Å²) in [6.07, 6.45) is 56.8. The van der Waals surface area contributed by atoms with E-state index in [4.69, 9.17) is 37.0 Å². The average Bonchev–Trinajstić information content (AvgIpc) is 1.11. The lowest BCUT2D eigenvalue weighted by molar-refractivity contribution is -0.161. The van der Waals surface area contributed by atoms with E-state index in [0.717, 1.165) is 102 Å². The van der Waals surface area contributed by atoms with Gasteiger partial charge in [-0.05, 0) is 31.6 Å². The number of hydrogen-bond donors (Lipinski definition) is 3. The predicted octanol–water partition coefficient (Wildman–Crippen LogP) is 22.1. The molecular formula is C75H146O17P2. The van der Waals surface area contributed by atoms with Gasteiger partial charge in [0.2, 0.25) is 0 Å². The molecule has 17 nitrogen and oxygen atoms in total. The maximum absolute atomic E-state index is 13.1. The van der Waals surface area contributed by atoms with Gasteiger partial charge in [-0.25, -0.2) is 9.13 Å². The number of carbonyl (C=O) groups excluding carboxylic acids is 4.